The summed E-state index contributed by atoms with van der Waals surface area (Å²) in [6, 6.07) is 14.8. The van der Waals surface area contributed by atoms with Gasteiger partial charge < -0.3 is 11.1 Å². The molecule has 22 heavy (non-hydrogen) atoms. The van der Waals surface area contributed by atoms with Gasteiger partial charge in [0, 0.05) is 16.8 Å². The maximum atomic E-state index is 6.31. The topological polar surface area (TPSA) is 38.0 Å². The molecule has 0 saturated carbocycles. The minimum Gasteiger partial charge on any atom is -0.398 e. The molecule has 2 aromatic carbocycles. The number of benzene rings is 2. The molecule has 2 nitrogen and oxygen atoms in total. The molecule has 2 aromatic rings. The van der Waals surface area contributed by atoms with Crippen LogP contribution in [0.25, 0.3) is 11.1 Å². The van der Waals surface area contributed by atoms with E-state index in [9.17, 15) is 0 Å². The molecule has 0 spiro atoms. The molecule has 2 rings (SSSR count). The Balaban J connectivity index is 2.35. The molecule has 0 unspecified atom stereocenters. The van der Waals surface area contributed by atoms with Crippen LogP contribution < -0.4 is 11.1 Å². The maximum absolute atomic E-state index is 6.31. The van der Waals surface area contributed by atoms with Gasteiger partial charge in [-0.15, -0.1) is 0 Å². The lowest BCUT2D eigenvalue weighted by atomic mass is 9.91. The first kappa shape index (κ1) is 16.6. The van der Waals surface area contributed by atoms with Gasteiger partial charge in [-0.05, 0) is 62.9 Å². The molecule has 0 bridgehead atoms. The summed E-state index contributed by atoms with van der Waals surface area (Å²) in [6.45, 7) is 9.73. The fourth-order valence-electron chi connectivity index (χ4n) is 2.80. The van der Waals surface area contributed by atoms with Gasteiger partial charge in [0.25, 0.3) is 0 Å². The second kappa shape index (κ2) is 6.97. The number of rotatable bonds is 5. The Bertz CT molecular complexity index is 624. The van der Waals surface area contributed by atoms with Crippen LogP contribution in [0.1, 0.15) is 38.8 Å². The second-order valence-electron chi connectivity index (χ2n) is 6.82. The summed E-state index contributed by atoms with van der Waals surface area (Å²) in [6.07, 6.45) is 2.00. The summed E-state index contributed by atoms with van der Waals surface area (Å²) < 4.78 is 0. The zero-order valence-electron chi connectivity index (χ0n) is 14.2. The standard InChI is InChI=1S/C20H28N2/c1-5-15-9-6-7-11-17(15)19-16(10-8-12-18(19)21)13-14-22-20(2,3)4/h6-12,22H,5,13-14,21H2,1-4H3. The van der Waals surface area contributed by atoms with Crippen LogP contribution >= 0.6 is 0 Å². The molecule has 0 aliphatic carbocycles. The predicted octanol–water partition coefficient (Wildman–Crippen LogP) is 4.43. The Hall–Kier alpha value is -1.80. The maximum Gasteiger partial charge on any atom is 0.0396 e. The normalized spacial score (nSPS) is 11.6. The number of nitrogens with two attached hydrogens (primary N) is 1. The fraction of sp³-hybridized carbons (Fsp3) is 0.400. The quantitative estimate of drug-likeness (QED) is 0.801. The van der Waals surface area contributed by atoms with Gasteiger partial charge in [-0.1, -0.05) is 43.3 Å². The number of nitrogens with one attached hydrogen (secondary N) is 1. The molecule has 0 aliphatic heterocycles. The lowest BCUT2D eigenvalue weighted by Gasteiger charge is -2.21. The lowest BCUT2D eigenvalue weighted by Crippen LogP contribution is -2.37. The highest BCUT2D eigenvalue weighted by atomic mass is 14.9. The lowest BCUT2D eigenvalue weighted by molar-refractivity contribution is 0.429. The van der Waals surface area contributed by atoms with Crippen LogP contribution in [-0.4, -0.2) is 12.1 Å². The first-order valence-electron chi connectivity index (χ1n) is 8.13. The summed E-state index contributed by atoms with van der Waals surface area (Å²) in [4.78, 5) is 0. The largest absolute Gasteiger partial charge is 0.398 e. The van der Waals surface area contributed by atoms with Crippen LogP contribution in [0.2, 0.25) is 0 Å². The van der Waals surface area contributed by atoms with Crippen molar-refractivity contribution >= 4 is 5.69 Å². The van der Waals surface area contributed by atoms with E-state index in [1.807, 2.05) is 6.07 Å². The molecule has 0 aromatic heterocycles. The van der Waals surface area contributed by atoms with E-state index in [-0.39, 0.29) is 5.54 Å². The van der Waals surface area contributed by atoms with E-state index < -0.39 is 0 Å². The number of anilines is 1. The van der Waals surface area contributed by atoms with Crippen molar-refractivity contribution in [1.29, 1.82) is 0 Å². The first-order valence-corrected chi connectivity index (χ1v) is 8.13. The molecule has 3 N–H and O–H groups in total. The molecule has 0 amide bonds. The molecule has 118 valence electrons. The van der Waals surface area contributed by atoms with Crippen molar-refractivity contribution < 1.29 is 0 Å². The minimum atomic E-state index is 0.141. The van der Waals surface area contributed by atoms with Crippen molar-refractivity contribution in [1.82, 2.24) is 5.32 Å². The molecular formula is C20H28N2. The van der Waals surface area contributed by atoms with Crippen LogP contribution in [0.4, 0.5) is 5.69 Å². The van der Waals surface area contributed by atoms with E-state index in [0.29, 0.717) is 0 Å². The Kier molecular flexibility index (Phi) is 5.25. The van der Waals surface area contributed by atoms with Crippen LogP contribution in [0.15, 0.2) is 42.5 Å². The highest BCUT2D eigenvalue weighted by Gasteiger charge is 2.13. The first-order chi connectivity index (χ1) is 10.4. The molecule has 0 aliphatic rings. The van der Waals surface area contributed by atoms with E-state index in [2.05, 4.69) is 69.4 Å². The number of hydrogen-bond donors (Lipinski definition) is 2. The van der Waals surface area contributed by atoms with Gasteiger partial charge in [0.15, 0.2) is 0 Å². The van der Waals surface area contributed by atoms with Crippen molar-refractivity contribution in [3.8, 4) is 11.1 Å². The molecule has 2 heteroatoms. The average Bonchev–Trinajstić information content (AvgIpc) is 2.46. The van der Waals surface area contributed by atoms with Crippen LogP contribution in [0.5, 0.6) is 0 Å². The summed E-state index contributed by atoms with van der Waals surface area (Å²) >= 11 is 0. The molecule has 0 heterocycles. The van der Waals surface area contributed by atoms with E-state index in [0.717, 1.165) is 25.1 Å². The van der Waals surface area contributed by atoms with Crippen molar-refractivity contribution in [3.05, 3.63) is 53.6 Å². The highest BCUT2D eigenvalue weighted by molar-refractivity contribution is 5.81. The Labute approximate surface area is 134 Å². The van der Waals surface area contributed by atoms with Gasteiger partial charge >= 0.3 is 0 Å². The SMILES string of the molecule is CCc1ccccc1-c1c(N)cccc1CCNC(C)(C)C. The predicted molar refractivity (Wildman–Crippen MR) is 97.1 cm³/mol. The smallest absolute Gasteiger partial charge is 0.0396 e. The van der Waals surface area contributed by atoms with Crippen LogP contribution in [0, 0.1) is 0 Å². The van der Waals surface area contributed by atoms with E-state index in [1.54, 1.807) is 0 Å². The number of nitrogen functional groups attached to an aromatic ring is 1. The number of hydrogen-bond acceptors (Lipinski definition) is 2. The van der Waals surface area contributed by atoms with E-state index in [1.165, 1.54) is 22.3 Å². The van der Waals surface area contributed by atoms with Gasteiger partial charge in [0.1, 0.15) is 0 Å². The van der Waals surface area contributed by atoms with Crippen LogP contribution in [0.3, 0.4) is 0 Å². The van der Waals surface area contributed by atoms with Gasteiger partial charge in [0.05, 0.1) is 0 Å². The number of aryl methyl sites for hydroxylation is 1. The van der Waals surface area contributed by atoms with Gasteiger partial charge in [-0.3, -0.25) is 0 Å². The molecule has 0 fully saturated rings. The van der Waals surface area contributed by atoms with Gasteiger partial charge in [0.2, 0.25) is 0 Å². The summed E-state index contributed by atoms with van der Waals surface area (Å²) in [5.74, 6) is 0. The van der Waals surface area contributed by atoms with Crippen molar-refractivity contribution in [3.63, 3.8) is 0 Å². The molecular weight excluding hydrogens is 268 g/mol. The van der Waals surface area contributed by atoms with Gasteiger partial charge in [-0.25, -0.2) is 0 Å². The van der Waals surface area contributed by atoms with E-state index >= 15 is 0 Å². The Morgan fingerprint density at radius 3 is 2.32 bits per heavy atom. The zero-order chi connectivity index (χ0) is 16.2. The summed E-state index contributed by atoms with van der Waals surface area (Å²) in [7, 11) is 0. The second-order valence-corrected chi connectivity index (χ2v) is 6.82. The average molecular weight is 296 g/mol. The molecule has 0 radical (unpaired) electrons. The van der Waals surface area contributed by atoms with Crippen LogP contribution in [-0.2, 0) is 12.8 Å². The third-order valence-electron chi connectivity index (χ3n) is 3.90. The third-order valence-corrected chi connectivity index (χ3v) is 3.90. The summed E-state index contributed by atoms with van der Waals surface area (Å²) in [5.41, 5.74) is 12.5. The van der Waals surface area contributed by atoms with Crippen molar-refractivity contribution in [2.75, 3.05) is 12.3 Å². The van der Waals surface area contributed by atoms with Crippen molar-refractivity contribution in [2.45, 2.75) is 46.1 Å². The monoisotopic (exact) mass is 296 g/mol. The minimum absolute atomic E-state index is 0.141. The van der Waals surface area contributed by atoms with Crippen molar-refractivity contribution in [2.24, 2.45) is 0 Å². The molecule has 0 saturated heterocycles. The zero-order valence-corrected chi connectivity index (χ0v) is 14.2. The van der Waals surface area contributed by atoms with Gasteiger partial charge in [-0.2, -0.15) is 0 Å². The Morgan fingerprint density at radius 2 is 1.64 bits per heavy atom. The summed E-state index contributed by atoms with van der Waals surface area (Å²) in [5, 5.41) is 3.56. The third kappa shape index (κ3) is 4.11. The highest BCUT2D eigenvalue weighted by Crippen LogP contribution is 2.33. The fourth-order valence-corrected chi connectivity index (χ4v) is 2.80. The molecule has 0 atom stereocenters. The Morgan fingerprint density at radius 1 is 0.955 bits per heavy atom. The van der Waals surface area contributed by atoms with E-state index in [4.69, 9.17) is 5.73 Å².